The number of hydrogen-bond donors (Lipinski definition) is 0. The van der Waals surface area contributed by atoms with E-state index in [-0.39, 0.29) is 11.3 Å². The predicted octanol–water partition coefficient (Wildman–Crippen LogP) is 6.26. The summed E-state index contributed by atoms with van der Waals surface area (Å²) < 4.78 is 19.7. The van der Waals surface area contributed by atoms with E-state index in [0.717, 1.165) is 41.5 Å². The Hall–Kier alpha value is -2.95. The molecule has 0 aliphatic rings. The highest BCUT2D eigenvalue weighted by atomic mass is 16.5. The van der Waals surface area contributed by atoms with Gasteiger partial charge in [0.15, 0.2) is 5.75 Å². The van der Waals surface area contributed by atoms with Crippen LogP contribution < -0.4 is 19.8 Å². The lowest BCUT2D eigenvalue weighted by molar-refractivity contribution is 0.257. The van der Waals surface area contributed by atoms with Gasteiger partial charge in [-0.3, -0.25) is 4.79 Å². The van der Waals surface area contributed by atoms with Gasteiger partial charge >= 0.3 is 0 Å². The van der Waals surface area contributed by atoms with Gasteiger partial charge in [0.1, 0.15) is 12.4 Å². The second-order valence-electron chi connectivity index (χ2n) is 8.09. The number of aromatic nitrogens is 1. The quantitative estimate of drug-likeness (QED) is 0.296. The van der Waals surface area contributed by atoms with E-state index < -0.39 is 0 Å². The zero-order valence-electron chi connectivity index (χ0n) is 19.6. The summed E-state index contributed by atoms with van der Waals surface area (Å²) in [5.41, 5.74) is 1.57. The van der Waals surface area contributed by atoms with Crippen molar-refractivity contribution in [2.45, 2.75) is 59.0 Å². The molecule has 32 heavy (non-hydrogen) atoms. The Bertz CT molecular complexity index is 1040. The molecule has 0 spiro atoms. The Labute approximate surface area is 190 Å². The predicted molar refractivity (Wildman–Crippen MR) is 130 cm³/mol. The van der Waals surface area contributed by atoms with Crippen LogP contribution in [-0.2, 0) is 13.7 Å². The molecule has 1 heterocycles. The highest BCUT2D eigenvalue weighted by Gasteiger charge is 2.19. The van der Waals surface area contributed by atoms with Crippen LogP contribution in [0, 0.1) is 0 Å². The average molecular weight is 438 g/mol. The standard InChI is InChI=1S/C27H35NO4/c1-4-6-8-12-18-30-22-15-16-23-24(19-22)28(3)27(29)26(25(23)31-17-7-5-2)32-20-21-13-10-9-11-14-21/h9-11,13-16,19H,4-8,12,17-18,20H2,1-3H3. The van der Waals surface area contributed by atoms with Crippen molar-refractivity contribution in [3.63, 3.8) is 0 Å². The van der Waals surface area contributed by atoms with Crippen LogP contribution in [0.25, 0.3) is 10.9 Å². The summed E-state index contributed by atoms with van der Waals surface area (Å²) in [5, 5.41) is 0.851. The second kappa shape index (κ2) is 12.2. The molecule has 0 aliphatic carbocycles. The Morgan fingerprint density at radius 2 is 1.53 bits per heavy atom. The first-order valence-electron chi connectivity index (χ1n) is 11.7. The van der Waals surface area contributed by atoms with E-state index in [0.29, 0.717) is 25.6 Å². The summed E-state index contributed by atoms with van der Waals surface area (Å²) in [7, 11) is 1.76. The van der Waals surface area contributed by atoms with Gasteiger partial charge in [-0.05, 0) is 30.5 Å². The molecule has 0 fully saturated rings. The Balaban J connectivity index is 1.91. The lowest BCUT2D eigenvalue weighted by atomic mass is 10.1. The smallest absolute Gasteiger partial charge is 0.297 e. The first-order valence-corrected chi connectivity index (χ1v) is 11.7. The van der Waals surface area contributed by atoms with Gasteiger partial charge in [-0.2, -0.15) is 0 Å². The molecule has 0 saturated heterocycles. The fraction of sp³-hybridized carbons (Fsp3) is 0.444. The summed E-state index contributed by atoms with van der Waals surface area (Å²) in [5.74, 6) is 1.54. The third-order valence-electron chi connectivity index (χ3n) is 5.52. The largest absolute Gasteiger partial charge is 0.494 e. The topological polar surface area (TPSA) is 49.7 Å². The lowest BCUT2D eigenvalue weighted by Gasteiger charge is -2.18. The van der Waals surface area contributed by atoms with Crippen LogP contribution >= 0.6 is 0 Å². The maximum Gasteiger partial charge on any atom is 0.297 e. The number of nitrogens with zero attached hydrogens (tertiary/aromatic N) is 1. The minimum absolute atomic E-state index is 0.208. The van der Waals surface area contributed by atoms with Crippen LogP contribution in [0.1, 0.15) is 57.9 Å². The molecule has 0 bridgehead atoms. The van der Waals surface area contributed by atoms with Crippen LogP contribution in [-0.4, -0.2) is 17.8 Å². The maximum absolute atomic E-state index is 13.2. The van der Waals surface area contributed by atoms with Crippen molar-refractivity contribution < 1.29 is 14.2 Å². The molecule has 0 amide bonds. The van der Waals surface area contributed by atoms with E-state index in [2.05, 4.69) is 13.8 Å². The van der Waals surface area contributed by atoms with E-state index in [9.17, 15) is 4.79 Å². The van der Waals surface area contributed by atoms with Crippen molar-refractivity contribution in [2.75, 3.05) is 13.2 Å². The van der Waals surface area contributed by atoms with Crippen LogP contribution in [0.15, 0.2) is 53.3 Å². The fourth-order valence-corrected chi connectivity index (χ4v) is 3.59. The first-order chi connectivity index (χ1) is 15.7. The third kappa shape index (κ3) is 6.06. The third-order valence-corrected chi connectivity index (χ3v) is 5.52. The number of hydrogen-bond acceptors (Lipinski definition) is 4. The number of benzene rings is 2. The molecule has 3 aromatic rings. The van der Waals surface area contributed by atoms with Gasteiger partial charge in [-0.1, -0.05) is 69.9 Å². The van der Waals surface area contributed by atoms with Crippen LogP contribution in [0.4, 0.5) is 0 Å². The van der Waals surface area contributed by atoms with Crippen LogP contribution in [0.3, 0.4) is 0 Å². The summed E-state index contributed by atoms with van der Waals surface area (Å²) in [6, 6.07) is 15.7. The van der Waals surface area contributed by atoms with Gasteiger partial charge in [-0.25, -0.2) is 0 Å². The van der Waals surface area contributed by atoms with Crippen molar-refractivity contribution in [1.82, 2.24) is 4.57 Å². The number of ether oxygens (including phenoxy) is 3. The fourth-order valence-electron chi connectivity index (χ4n) is 3.59. The molecule has 1 aromatic heterocycles. The molecule has 0 radical (unpaired) electrons. The molecule has 2 aromatic carbocycles. The molecular formula is C27H35NO4. The second-order valence-corrected chi connectivity index (χ2v) is 8.09. The minimum atomic E-state index is -0.208. The first kappa shape index (κ1) is 23.7. The van der Waals surface area contributed by atoms with Gasteiger partial charge in [0, 0.05) is 18.5 Å². The van der Waals surface area contributed by atoms with Gasteiger partial charge in [0.25, 0.3) is 5.56 Å². The van der Waals surface area contributed by atoms with Crippen LogP contribution in [0.5, 0.6) is 17.2 Å². The maximum atomic E-state index is 13.2. The SMILES string of the molecule is CCCCCCOc1ccc2c(OCCCC)c(OCc3ccccc3)c(=O)n(C)c2c1. The average Bonchev–Trinajstić information content (AvgIpc) is 2.82. The van der Waals surface area contributed by atoms with Crippen molar-refractivity contribution >= 4 is 10.9 Å². The highest BCUT2D eigenvalue weighted by molar-refractivity contribution is 5.89. The molecule has 0 atom stereocenters. The van der Waals surface area contributed by atoms with Crippen molar-refractivity contribution in [1.29, 1.82) is 0 Å². The molecule has 0 N–H and O–H groups in total. The van der Waals surface area contributed by atoms with Gasteiger partial charge < -0.3 is 18.8 Å². The van der Waals surface area contributed by atoms with E-state index in [4.69, 9.17) is 14.2 Å². The van der Waals surface area contributed by atoms with Crippen molar-refractivity contribution in [2.24, 2.45) is 7.05 Å². The zero-order chi connectivity index (χ0) is 22.8. The summed E-state index contributed by atoms with van der Waals surface area (Å²) in [6.45, 7) is 5.84. The number of pyridine rings is 1. The van der Waals surface area contributed by atoms with E-state index >= 15 is 0 Å². The molecule has 3 rings (SSSR count). The van der Waals surface area contributed by atoms with Gasteiger partial charge in [0.2, 0.25) is 5.75 Å². The molecule has 0 unspecified atom stereocenters. The molecule has 0 aliphatic heterocycles. The van der Waals surface area contributed by atoms with Gasteiger partial charge in [-0.15, -0.1) is 0 Å². The number of fused-ring (bicyclic) bond motifs is 1. The van der Waals surface area contributed by atoms with Crippen LogP contribution in [0.2, 0.25) is 0 Å². The molecule has 172 valence electrons. The number of unbranched alkanes of at least 4 members (excludes halogenated alkanes) is 4. The zero-order valence-corrected chi connectivity index (χ0v) is 19.6. The Morgan fingerprint density at radius 3 is 2.28 bits per heavy atom. The lowest BCUT2D eigenvalue weighted by Crippen LogP contribution is -2.21. The van der Waals surface area contributed by atoms with E-state index in [1.807, 2.05) is 48.5 Å². The number of rotatable bonds is 13. The van der Waals surface area contributed by atoms with E-state index in [1.54, 1.807) is 11.6 Å². The Morgan fingerprint density at radius 1 is 0.781 bits per heavy atom. The highest BCUT2D eigenvalue weighted by Crippen LogP contribution is 2.35. The van der Waals surface area contributed by atoms with E-state index in [1.165, 1.54) is 19.3 Å². The monoisotopic (exact) mass is 437 g/mol. The normalized spacial score (nSPS) is 11.0. The minimum Gasteiger partial charge on any atom is -0.494 e. The number of aryl methyl sites for hydroxylation is 1. The van der Waals surface area contributed by atoms with Gasteiger partial charge in [0.05, 0.1) is 18.7 Å². The van der Waals surface area contributed by atoms with Crippen molar-refractivity contribution in [3.8, 4) is 17.2 Å². The molecular weight excluding hydrogens is 402 g/mol. The summed E-state index contributed by atoms with van der Waals surface area (Å²) in [6.07, 6.45) is 6.54. The molecule has 0 saturated carbocycles. The summed E-state index contributed by atoms with van der Waals surface area (Å²) >= 11 is 0. The summed E-state index contributed by atoms with van der Waals surface area (Å²) in [4.78, 5) is 13.2. The molecule has 5 nitrogen and oxygen atoms in total. The Kier molecular flexibility index (Phi) is 9.02. The molecule has 5 heteroatoms. The van der Waals surface area contributed by atoms with Crippen molar-refractivity contribution in [3.05, 3.63) is 64.4 Å².